The molecule has 90 valence electrons. The van der Waals surface area contributed by atoms with Crippen LogP contribution in [0.4, 0.5) is 4.79 Å². The van der Waals surface area contributed by atoms with E-state index in [0.717, 1.165) is 31.5 Å². The summed E-state index contributed by atoms with van der Waals surface area (Å²) >= 11 is 0. The fourth-order valence-corrected chi connectivity index (χ4v) is 2.26. The molecule has 0 aliphatic carbocycles. The van der Waals surface area contributed by atoms with Gasteiger partial charge in [-0.25, -0.2) is 9.63 Å². The van der Waals surface area contributed by atoms with Crippen molar-refractivity contribution in [2.24, 2.45) is 0 Å². The quantitative estimate of drug-likeness (QED) is 0.697. The Labute approximate surface area is 101 Å². The average Bonchev–Trinajstić information content (AvgIpc) is 3.20. The van der Waals surface area contributed by atoms with Crippen molar-refractivity contribution in [2.75, 3.05) is 13.1 Å². The van der Waals surface area contributed by atoms with E-state index in [2.05, 4.69) is 0 Å². The van der Waals surface area contributed by atoms with Gasteiger partial charge in [0.25, 0.3) is 0 Å². The van der Waals surface area contributed by atoms with Crippen molar-refractivity contribution in [3.63, 3.8) is 0 Å². The standard InChI is InChI=1S/C13H16N2O2/c16-13(14-9-5-2-6-10-14)15-12(17-15)11-7-3-1-4-8-11/h1,3-4,7-8,12H,2,5-6,9-10H2. The third-order valence-electron chi connectivity index (χ3n) is 3.28. The number of rotatable bonds is 1. The fourth-order valence-electron chi connectivity index (χ4n) is 2.26. The summed E-state index contributed by atoms with van der Waals surface area (Å²) in [7, 11) is 0. The molecule has 1 aromatic rings. The minimum atomic E-state index is -0.175. The van der Waals surface area contributed by atoms with E-state index < -0.39 is 0 Å². The molecule has 0 saturated carbocycles. The molecule has 1 aromatic carbocycles. The molecule has 0 N–H and O–H groups in total. The van der Waals surface area contributed by atoms with Crippen LogP contribution in [0.3, 0.4) is 0 Å². The Bertz CT molecular complexity index is 401. The molecule has 0 aromatic heterocycles. The molecular weight excluding hydrogens is 216 g/mol. The first kappa shape index (κ1) is 10.6. The lowest BCUT2D eigenvalue weighted by atomic mass is 10.1. The lowest BCUT2D eigenvalue weighted by molar-refractivity contribution is 0.130. The molecule has 4 heteroatoms. The van der Waals surface area contributed by atoms with Crippen molar-refractivity contribution in [1.29, 1.82) is 0 Å². The molecule has 1 atom stereocenters. The lowest BCUT2D eigenvalue weighted by Gasteiger charge is -2.25. The summed E-state index contributed by atoms with van der Waals surface area (Å²) in [5.74, 6) is 0. The number of nitrogens with zero attached hydrogens (tertiary/aromatic N) is 2. The van der Waals surface area contributed by atoms with Gasteiger partial charge in [-0.15, -0.1) is 0 Å². The molecule has 0 radical (unpaired) electrons. The van der Waals surface area contributed by atoms with E-state index in [1.165, 1.54) is 11.5 Å². The molecule has 2 fully saturated rings. The minimum Gasteiger partial charge on any atom is -0.323 e. The maximum absolute atomic E-state index is 12.1. The van der Waals surface area contributed by atoms with E-state index in [4.69, 9.17) is 4.84 Å². The van der Waals surface area contributed by atoms with E-state index in [0.29, 0.717) is 0 Å². The lowest BCUT2D eigenvalue weighted by Crippen LogP contribution is -2.38. The second-order valence-electron chi connectivity index (χ2n) is 4.52. The second kappa shape index (κ2) is 4.37. The Morgan fingerprint density at radius 1 is 1.12 bits per heavy atom. The molecule has 0 bridgehead atoms. The number of piperidine rings is 1. The number of hydrogen-bond acceptors (Lipinski definition) is 2. The molecule has 4 nitrogen and oxygen atoms in total. The summed E-state index contributed by atoms with van der Waals surface area (Å²) in [6.07, 6.45) is 3.27. The Balaban J connectivity index is 1.62. The third kappa shape index (κ3) is 2.13. The van der Waals surface area contributed by atoms with Gasteiger partial charge in [0.05, 0.1) is 0 Å². The zero-order valence-corrected chi connectivity index (χ0v) is 9.71. The number of hydrogen-bond donors (Lipinski definition) is 0. The fraction of sp³-hybridized carbons (Fsp3) is 0.462. The number of benzene rings is 1. The molecule has 1 unspecified atom stereocenters. The van der Waals surface area contributed by atoms with Gasteiger partial charge in [0.1, 0.15) is 0 Å². The van der Waals surface area contributed by atoms with Crippen LogP contribution in [-0.4, -0.2) is 29.1 Å². The summed E-state index contributed by atoms with van der Waals surface area (Å²) in [6, 6.07) is 9.85. The highest BCUT2D eigenvalue weighted by atomic mass is 16.8. The van der Waals surface area contributed by atoms with Crippen LogP contribution in [0, 0.1) is 0 Å². The molecule has 2 aliphatic rings. The van der Waals surface area contributed by atoms with Crippen molar-refractivity contribution < 1.29 is 9.63 Å². The summed E-state index contributed by atoms with van der Waals surface area (Å²) in [4.78, 5) is 19.3. The van der Waals surface area contributed by atoms with Crippen LogP contribution in [0.1, 0.15) is 31.1 Å². The van der Waals surface area contributed by atoms with E-state index in [1.807, 2.05) is 35.2 Å². The van der Waals surface area contributed by atoms with Crippen LogP contribution in [0.25, 0.3) is 0 Å². The number of hydroxylamine groups is 2. The summed E-state index contributed by atoms with van der Waals surface area (Å²) in [5, 5.41) is 1.47. The summed E-state index contributed by atoms with van der Waals surface area (Å²) < 4.78 is 0. The first-order valence-electron chi connectivity index (χ1n) is 6.16. The highest BCUT2D eigenvalue weighted by Gasteiger charge is 2.44. The number of amides is 2. The van der Waals surface area contributed by atoms with E-state index in [-0.39, 0.29) is 12.3 Å². The van der Waals surface area contributed by atoms with Crippen molar-refractivity contribution in [3.05, 3.63) is 35.9 Å². The Kier molecular flexibility index (Phi) is 2.73. The number of carbonyl (C=O) groups is 1. The monoisotopic (exact) mass is 232 g/mol. The van der Waals surface area contributed by atoms with Gasteiger partial charge in [-0.2, -0.15) is 5.06 Å². The predicted molar refractivity (Wildman–Crippen MR) is 62.9 cm³/mol. The Morgan fingerprint density at radius 3 is 2.53 bits per heavy atom. The summed E-state index contributed by atoms with van der Waals surface area (Å²) in [5.41, 5.74) is 1.04. The van der Waals surface area contributed by atoms with Crippen molar-refractivity contribution >= 4 is 6.03 Å². The average molecular weight is 232 g/mol. The van der Waals surface area contributed by atoms with Gasteiger partial charge in [0, 0.05) is 18.7 Å². The molecular formula is C13H16N2O2. The maximum atomic E-state index is 12.1. The second-order valence-corrected chi connectivity index (χ2v) is 4.52. The van der Waals surface area contributed by atoms with Crippen molar-refractivity contribution in [3.8, 4) is 0 Å². The summed E-state index contributed by atoms with van der Waals surface area (Å²) in [6.45, 7) is 1.72. The van der Waals surface area contributed by atoms with Crippen LogP contribution < -0.4 is 0 Å². The largest absolute Gasteiger partial charge is 0.346 e. The molecule has 17 heavy (non-hydrogen) atoms. The van der Waals surface area contributed by atoms with Gasteiger partial charge >= 0.3 is 6.03 Å². The van der Waals surface area contributed by atoms with Gasteiger partial charge in [0.15, 0.2) is 0 Å². The van der Waals surface area contributed by atoms with Crippen LogP contribution in [0.5, 0.6) is 0 Å². The van der Waals surface area contributed by atoms with Crippen LogP contribution in [0.15, 0.2) is 30.3 Å². The topological polar surface area (TPSA) is 35.9 Å². The first-order valence-corrected chi connectivity index (χ1v) is 6.16. The van der Waals surface area contributed by atoms with Gasteiger partial charge in [0.2, 0.25) is 6.23 Å². The smallest absolute Gasteiger partial charge is 0.323 e. The highest BCUT2D eigenvalue weighted by molar-refractivity contribution is 5.75. The Hall–Kier alpha value is -1.55. The number of urea groups is 1. The maximum Gasteiger partial charge on any atom is 0.346 e. The molecule has 2 aliphatic heterocycles. The van der Waals surface area contributed by atoms with E-state index >= 15 is 0 Å². The van der Waals surface area contributed by atoms with Crippen LogP contribution in [0.2, 0.25) is 0 Å². The molecule has 2 amide bonds. The number of likely N-dealkylation sites (tertiary alicyclic amines) is 1. The normalized spacial score (nSPS) is 23.6. The zero-order chi connectivity index (χ0) is 11.7. The predicted octanol–water partition coefficient (Wildman–Crippen LogP) is 2.54. The molecule has 2 heterocycles. The van der Waals surface area contributed by atoms with E-state index in [9.17, 15) is 4.79 Å². The van der Waals surface area contributed by atoms with E-state index in [1.54, 1.807) is 0 Å². The molecule has 0 spiro atoms. The first-order chi connectivity index (χ1) is 8.36. The number of carbonyl (C=O) groups excluding carboxylic acids is 1. The van der Waals surface area contributed by atoms with Gasteiger partial charge in [-0.3, -0.25) is 0 Å². The van der Waals surface area contributed by atoms with Crippen LogP contribution in [-0.2, 0) is 4.84 Å². The molecule has 2 saturated heterocycles. The van der Waals surface area contributed by atoms with Crippen molar-refractivity contribution in [2.45, 2.75) is 25.5 Å². The zero-order valence-electron chi connectivity index (χ0n) is 9.71. The minimum absolute atomic E-state index is 0.0125. The SMILES string of the molecule is O=C(N1CCCCC1)N1OC1c1ccccc1. The van der Waals surface area contributed by atoms with Gasteiger partial charge < -0.3 is 4.90 Å². The van der Waals surface area contributed by atoms with Gasteiger partial charge in [-0.05, 0) is 19.3 Å². The molecule has 3 rings (SSSR count). The van der Waals surface area contributed by atoms with Crippen LogP contribution >= 0.6 is 0 Å². The van der Waals surface area contributed by atoms with Crippen molar-refractivity contribution in [1.82, 2.24) is 9.96 Å². The highest BCUT2D eigenvalue weighted by Crippen LogP contribution is 2.38. The third-order valence-corrected chi connectivity index (χ3v) is 3.28. The van der Waals surface area contributed by atoms with Gasteiger partial charge in [-0.1, -0.05) is 30.3 Å². The Morgan fingerprint density at radius 2 is 1.82 bits per heavy atom.